The van der Waals surface area contributed by atoms with E-state index in [1.807, 2.05) is 49.5 Å². The van der Waals surface area contributed by atoms with Gasteiger partial charge in [0.05, 0.1) is 23.9 Å². The Hall–Kier alpha value is -4.13. The first kappa shape index (κ1) is 30.9. The Morgan fingerprint density at radius 3 is 2.84 bits per heavy atom. The van der Waals surface area contributed by atoms with Gasteiger partial charge in [-0.15, -0.1) is 11.7 Å². The first-order valence-electron chi connectivity index (χ1n) is 15.4. The lowest BCUT2D eigenvalue weighted by atomic mass is 9.82. The highest BCUT2D eigenvalue weighted by Gasteiger charge is 2.66. The number of nitrogens with zero attached hydrogens (tertiary/aromatic N) is 4. The van der Waals surface area contributed by atoms with Gasteiger partial charge in [-0.3, -0.25) is 14.3 Å². The van der Waals surface area contributed by atoms with Gasteiger partial charge in [0.2, 0.25) is 14.3 Å². The normalized spacial score (nSPS) is 22.8. The minimum Gasteiger partial charge on any atom is -0.396 e. The largest absolute Gasteiger partial charge is 0.396 e. The molecule has 2 aliphatic rings. The molecule has 4 aromatic rings. The van der Waals surface area contributed by atoms with E-state index >= 15 is 4.11 Å². The maximum Gasteiger partial charge on any atom is 0.264 e. The molecule has 10 nitrogen and oxygen atoms in total. The van der Waals surface area contributed by atoms with Crippen LogP contribution in [0.2, 0.25) is 18.6 Å². The van der Waals surface area contributed by atoms with E-state index in [4.69, 9.17) is 4.74 Å². The van der Waals surface area contributed by atoms with Crippen molar-refractivity contribution in [3.63, 3.8) is 0 Å². The average molecular weight is 631 g/mol. The number of anilines is 2. The van der Waals surface area contributed by atoms with Gasteiger partial charge in [-0.2, -0.15) is 0 Å². The van der Waals surface area contributed by atoms with Crippen LogP contribution in [-0.2, 0) is 39.3 Å². The SMILES string of the molecule is C=CCN1C(=O)[C@]2(O[C@H](CCn3cc(CCO)nn3)[C@@H]([Si](C)(C)F)[C@@H]2C)c2cc(NC(=O)Cc3c[nH]c4ccccc34)ccc21. The number of carbonyl (C=O) groups is 2. The summed E-state index contributed by atoms with van der Waals surface area (Å²) in [5.74, 6) is -0.903. The Morgan fingerprint density at radius 2 is 2.09 bits per heavy atom. The van der Waals surface area contributed by atoms with Crippen molar-refractivity contribution in [2.24, 2.45) is 5.92 Å². The van der Waals surface area contributed by atoms with Gasteiger partial charge < -0.3 is 29.2 Å². The lowest BCUT2D eigenvalue weighted by molar-refractivity contribution is -0.145. The van der Waals surface area contributed by atoms with Crippen LogP contribution < -0.4 is 10.2 Å². The molecule has 2 aliphatic heterocycles. The van der Waals surface area contributed by atoms with E-state index in [1.165, 1.54) is 0 Å². The molecular weight excluding hydrogens is 591 g/mol. The third-order valence-corrected chi connectivity index (χ3v) is 11.6. The van der Waals surface area contributed by atoms with Gasteiger partial charge in [0.15, 0.2) is 5.60 Å². The Morgan fingerprint density at radius 1 is 1.29 bits per heavy atom. The molecular formula is C33H39FN6O4Si. The molecule has 2 aromatic carbocycles. The highest BCUT2D eigenvalue weighted by Crippen LogP contribution is 2.60. The van der Waals surface area contributed by atoms with Crippen molar-refractivity contribution < 1.29 is 23.5 Å². The molecule has 0 saturated carbocycles. The second-order valence-corrected chi connectivity index (χ2v) is 16.3. The molecule has 45 heavy (non-hydrogen) atoms. The second kappa shape index (κ2) is 12.0. The standard InChI is InChI=1S/C33H39FN6O4Si/c1-5-14-40-28-11-10-23(36-30(42)17-22-19-35-27-9-7-6-8-25(22)27)18-26(28)33(32(40)43)21(2)31(45(3,4)34)29(44-33)12-15-39-20-24(13-16-41)37-38-39/h5-11,18-21,29,31,35,41H,1,12-17H2,2-4H3,(H,36,42)/t21-,29+,31-,33+/m0/s1. The van der Waals surface area contributed by atoms with Gasteiger partial charge in [-0.1, -0.05) is 36.4 Å². The summed E-state index contributed by atoms with van der Waals surface area (Å²) in [4.78, 5) is 32.4. The predicted molar refractivity (Wildman–Crippen MR) is 173 cm³/mol. The monoisotopic (exact) mass is 630 g/mol. The van der Waals surface area contributed by atoms with Crippen LogP contribution in [0, 0.1) is 5.92 Å². The number of H-pyrrole nitrogens is 1. The van der Waals surface area contributed by atoms with Crippen LogP contribution >= 0.6 is 0 Å². The number of aromatic nitrogens is 4. The van der Waals surface area contributed by atoms with E-state index in [0.717, 1.165) is 16.5 Å². The van der Waals surface area contributed by atoms with Crippen LogP contribution in [0.3, 0.4) is 0 Å². The summed E-state index contributed by atoms with van der Waals surface area (Å²) in [6.45, 7) is 9.77. The molecule has 12 heteroatoms. The smallest absolute Gasteiger partial charge is 0.264 e. The summed E-state index contributed by atoms with van der Waals surface area (Å²) in [7, 11) is -3.35. The molecule has 6 rings (SSSR count). The van der Waals surface area contributed by atoms with Gasteiger partial charge in [0.1, 0.15) is 0 Å². The summed E-state index contributed by atoms with van der Waals surface area (Å²) in [6, 6.07) is 13.2. The van der Waals surface area contributed by atoms with Crippen LogP contribution in [0.1, 0.15) is 30.2 Å². The molecule has 0 bridgehead atoms. The van der Waals surface area contributed by atoms with Crippen LogP contribution in [0.4, 0.5) is 15.5 Å². The number of nitrogens with one attached hydrogen (secondary N) is 2. The van der Waals surface area contributed by atoms with E-state index < -0.39 is 31.6 Å². The van der Waals surface area contributed by atoms with E-state index in [1.54, 1.807) is 41.0 Å². The van der Waals surface area contributed by atoms with Gasteiger partial charge in [-0.25, -0.2) is 0 Å². The number of amides is 2. The number of ether oxygens (including phenoxy) is 1. The second-order valence-electron chi connectivity index (χ2n) is 12.5. The van der Waals surface area contributed by atoms with E-state index in [9.17, 15) is 14.7 Å². The molecule has 2 amide bonds. The summed E-state index contributed by atoms with van der Waals surface area (Å²) in [5, 5.41) is 21.5. The average Bonchev–Trinajstić information content (AvgIpc) is 3.74. The summed E-state index contributed by atoms with van der Waals surface area (Å²) >= 11 is 0. The maximum atomic E-state index is 16.1. The van der Waals surface area contributed by atoms with Crippen molar-refractivity contribution in [3.8, 4) is 0 Å². The number of fused-ring (bicyclic) bond motifs is 3. The lowest BCUT2D eigenvalue weighted by Gasteiger charge is -2.31. The van der Waals surface area contributed by atoms with Crippen molar-refractivity contribution >= 4 is 42.5 Å². The van der Waals surface area contributed by atoms with Gasteiger partial charge >= 0.3 is 0 Å². The molecule has 3 N–H and O–H groups in total. The van der Waals surface area contributed by atoms with Gasteiger partial charge in [0.25, 0.3) is 5.91 Å². The van der Waals surface area contributed by atoms with Crippen molar-refractivity contribution in [1.82, 2.24) is 20.0 Å². The summed E-state index contributed by atoms with van der Waals surface area (Å²) < 4.78 is 24.6. The number of aromatic amines is 1. The molecule has 1 fully saturated rings. The predicted octanol–water partition coefficient (Wildman–Crippen LogP) is 4.87. The van der Waals surface area contributed by atoms with Crippen molar-refractivity contribution in [2.75, 3.05) is 23.4 Å². The maximum absolute atomic E-state index is 16.1. The number of aliphatic hydroxyl groups is 1. The van der Waals surface area contributed by atoms with Crippen molar-refractivity contribution in [2.45, 2.75) is 63.1 Å². The van der Waals surface area contributed by atoms with Crippen molar-refractivity contribution in [3.05, 3.63) is 84.3 Å². The molecule has 0 radical (unpaired) electrons. The highest BCUT2D eigenvalue weighted by molar-refractivity contribution is 6.72. The summed E-state index contributed by atoms with van der Waals surface area (Å²) in [5.41, 5.74) is 2.48. The highest BCUT2D eigenvalue weighted by atomic mass is 28.4. The van der Waals surface area contributed by atoms with Crippen LogP contribution in [0.25, 0.3) is 10.9 Å². The number of para-hydroxylation sites is 1. The summed E-state index contributed by atoms with van der Waals surface area (Å²) in [6.07, 6.45) is 5.74. The molecule has 236 valence electrons. The fourth-order valence-electron chi connectivity index (χ4n) is 7.30. The third-order valence-electron chi connectivity index (χ3n) is 9.18. The number of halogens is 1. The Bertz CT molecular complexity index is 1750. The first-order chi connectivity index (χ1) is 21.6. The van der Waals surface area contributed by atoms with Crippen LogP contribution in [-0.4, -0.2) is 64.6 Å². The van der Waals surface area contributed by atoms with Crippen LogP contribution in [0.15, 0.2) is 67.5 Å². The zero-order valence-electron chi connectivity index (χ0n) is 25.8. The Kier molecular flexibility index (Phi) is 8.23. The zero-order valence-corrected chi connectivity index (χ0v) is 26.8. The number of rotatable bonds is 11. The molecule has 0 aliphatic carbocycles. The number of carbonyl (C=O) groups excluding carboxylic acids is 2. The molecule has 0 unspecified atom stereocenters. The Labute approximate surface area is 262 Å². The topological polar surface area (TPSA) is 125 Å². The fraction of sp³-hybridized carbons (Fsp3) is 0.394. The van der Waals surface area contributed by atoms with E-state index in [-0.39, 0.29) is 31.4 Å². The van der Waals surface area contributed by atoms with Gasteiger partial charge in [0, 0.05) is 72.1 Å². The number of aryl methyl sites for hydroxylation is 1. The molecule has 2 aromatic heterocycles. The van der Waals surface area contributed by atoms with Crippen molar-refractivity contribution in [1.29, 1.82) is 0 Å². The quantitative estimate of drug-likeness (QED) is 0.123. The fourth-order valence-corrected chi connectivity index (χ4v) is 9.84. The van der Waals surface area contributed by atoms with E-state index in [0.29, 0.717) is 42.0 Å². The molecule has 4 heterocycles. The minimum absolute atomic E-state index is 0.0254. The Balaban J connectivity index is 1.31. The van der Waals surface area contributed by atoms with E-state index in [2.05, 4.69) is 27.2 Å². The molecule has 4 atom stereocenters. The number of benzene rings is 2. The van der Waals surface area contributed by atoms with Crippen LogP contribution in [0.5, 0.6) is 0 Å². The first-order valence-corrected chi connectivity index (χ1v) is 18.3. The third kappa shape index (κ3) is 5.51. The van der Waals surface area contributed by atoms with Gasteiger partial charge in [-0.05, 0) is 49.3 Å². The number of hydrogen-bond acceptors (Lipinski definition) is 6. The molecule has 1 saturated heterocycles. The molecule has 1 spiro atoms. The minimum atomic E-state index is -3.35. The number of aliphatic hydroxyl groups excluding tert-OH is 1. The zero-order chi connectivity index (χ0) is 31.9. The number of hydrogen-bond donors (Lipinski definition) is 3. The lowest BCUT2D eigenvalue weighted by Crippen LogP contribution is -2.45.